The van der Waals surface area contributed by atoms with Crippen LogP contribution in [-0.2, 0) is 36.9 Å². The standard InChI is InChI=1S/C32H45N5O6/c1-5-14-34-29(40)26(38)24(16-20-9-8-10-20)35-28(39)25-17-23(19-37(25)30(41)27(33)32(2,3)4)43-31(42)36-15-13-21-11-6-7-12-22(21)18-36/h5-7,11-12,20,23-25,27H,1,8-10,13-19,33H2,2-4H3,(H,34,40)(H,35,39). The van der Waals surface area contributed by atoms with Crippen molar-refractivity contribution in [1.29, 1.82) is 0 Å². The smallest absolute Gasteiger partial charge is 0.410 e. The summed E-state index contributed by atoms with van der Waals surface area (Å²) in [5.74, 6) is -2.33. The molecule has 234 valence electrons. The van der Waals surface area contributed by atoms with Gasteiger partial charge in [-0.2, -0.15) is 0 Å². The predicted molar refractivity (Wildman–Crippen MR) is 160 cm³/mol. The number of hydrogen-bond acceptors (Lipinski definition) is 7. The average Bonchev–Trinajstić information content (AvgIpc) is 3.38. The highest BCUT2D eigenvalue weighted by Gasteiger charge is 2.46. The van der Waals surface area contributed by atoms with Crippen LogP contribution in [0.4, 0.5) is 4.79 Å². The number of nitrogens with zero attached hydrogens (tertiary/aromatic N) is 2. The maximum absolute atomic E-state index is 13.7. The van der Waals surface area contributed by atoms with Gasteiger partial charge in [0.25, 0.3) is 5.91 Å². The van der Waals surface area contributed by atoms with Gasteiger partial charge < -0.3 is 30.9 Å². The molecule has 43 heavy (non-hydrogen) atoms. The highest BCUT2D eigenvalue weighted by Crippen LogP contribution is 2.31. The third kappa shape index (κ3) is 7.81. The number of Topliss-reactive ketones (excluding diaryl/α,β-unsaturated/α-hetero) is 1. The molecule has 4 amide bonds. The van der Waals surface area contributed by atoms with Crippen molar-refractivity contribution in [2.75, 3.05) is 19.6 Å². The van der Waals surface area contributed by atoms with Gasteiger partial charge in [-0.05, 0) is 35.3 Å². The second kappa shape index (κ2) is 13.7. The molecule has 4 rings (SSSR count). The summed E-state index contributed by atoms with van der Waals surface area (Å²) in [5.41, 5.74) is 7.99. The van der Waals surface area contributed by atoms with Crippen LogP contribution in [0.2, 0.25) is 0 Å². The second-order valence-electron chi connectivity index (χ2n) is 13.0. The van der Waals surface area contributed by atoms with E-state index in [9.17, 15) is 24.0 Å². The number of carbonyl (C=O) groups is 5. The minimum atomic E-state index is -1.04. The van der Waals surface area contributed by atoms with Gasteiger partial charge in [-0.15, -0.1) is 6.58 Å². The van der Waals surface area contributed by atoms with E-state index in [-0.39, 0.29) is 25.4 Å². The van der Waals surface area contributed by atoms with E-state index in [1.165, 1.54) is 16.5 Å². The monoisotopic (exact) mass is 595 g/mol. The fourth-order valence-electron chi connectivity index (χ4n) is 5.76. The zero-order valence-electron chi connectivity index (χ0n) is 25.5. The topological polar surface area (TPSA) is 151 Å². The molecule has 4 unspecified atom stereocenters. The number of ether oxygens (including phenoxy) is 1. The van der Waals surface area contributed by atoms with E-state index in [2.05, 4.69) is 17.2 Å². The Morgan fingerprint density at radius 2 is 1.84 bits per heavy atom. The van der Waals surface area contributed by atoms with Gasteiger partial charge in [-0.3, -0.25) is 19.2 Å². The molecule has 2 heterocycles. The molecule has 1 aromatic rings. The highest BCUT2D eigenvalue weighted by atomic mass is 16.6. The number of ketones is 1. The van der Waals surface area contributed by atoms with Crippen molar-refractivity contribution in [2.45, 2.75) is 90.1 Å². The van der Waals surface area contributed by atoms with E-state index in [0.29, 0.717) is 25.9 Å². The van der Waals surface area contributed by atoms with E-state index in [1.807, 2.05) is 45.0 Å². The van der Waals surface area contributed by atoms with Gasteiger partial charge in [0.15, 0.2) is 0 Å². The van der Waals surface area contributed by atoms with Gasteiger partial charge in [0, 0.05) is 26.1 Å². The zero-order chi connectivity index (χ0) is 31.3. The molecule has 0 bridgehead atoms. The molecule has 2 aliphatic heterocycles. The summed E-state index contributed by atoms with van der Waals surface area (Å²) in [6, 6.07) is 4.97. The summed E-state index contributed by atoms with van der Waals surface area (Å²) >= 11 is 0. The van der Waals surface area contributed by atoms with Gasteiger partial charge >= 0.3 is 6.09 Å². The number of amides is 4. The lowest BCUT2D eigenvalue weighted by Gasteiger charge is -2.33. The Labute approximate surface area is 253 Å². The Morgan fingerprint density at radius 3 is 2.47 bits per heavy atom. The lowest BCUT2D eigenvalue weighted by molar-refractivity contribution is -0.143. The lowest BCUT2D eigenvalue weighted by atomic mass is 9.80. The molecule has 11 nitrogen and oxygen atoms in total. The normalized spacial score (nSPS) is 21.6. The molecular formula is C32H45N5O6. The van der Waals surface area contributed by atoms with E-state index in [1.54, 1.807) is 4.90 Å². The number of benzene rings is 1. The van der Waals surface area contributed by atoms with Crippen LogP contribution < -0.4 is 16.4 Å². The van der Waals surface area contributed by atoms with Gasteiger partial charge in [-0.1, -0.05) is 70.4 Å². The number of nitrogens with one attached hydrogen (secondary N) is 2. The van der Waals surface area contributed by atoms with Crippen LogP contribution in [0.25, 0.3) is 0 Å². The lowest BCUT2D eigenvalue weighted by Crippen LogP contribution is -2.57. The fourth-order valence-corrected chi connectivity index (χ4v) is 5.76. The van der Waals surface area contributed by atoms with Crippen molar-refractivity contribution >= 4 is 29.6 Å². The maximum Gasteiger partial charge on any atom is 0.410 e. The molecular weight excluding hydrogens is 550 g/mol. The third-order valence-electron chi connectivity index (χ3n) is 8.76. The number of fused-ring (bicyclic) bond motifs is 1. The van der Waals surface area contributed by atoms with Crippen LogP contribution in [0.15, 0.2) is 36.9 Å². The molecule has 0 aromatic heterocycles. The molecule has 2 fully saturated rings. The number of rotatable bonds is 10. The minimum absolute atomic E-state index is 0.00206. The molecule has 11 heteroatoms. The molecule has 1 saturated heterocycles. The van der Waals surface area contributed by atoms with E-state index < -0.39 is 59.2 Å². The van der Waals surface area contributed by atoms with Crippen molar-refractivity contribution in [3.63, 3.8) is 0 Å². The van der Waals surface area contributed by atoms with E-state index in [4.69, 9.17) is 10.5 Å². The quantitative estimate of drug-likeness (QED) is 0.277. The van der Waals surface area contributed by atoms with Crippen LogP contribution in [-0.4, -0.2) is 83.3 Å². The second-order valence-corrected chi connectivity index (χ2v) is 13.0. The Hall–Kier alpha value is -3.73. The molecule has 3 aliphatic rings. The number of likely N-dealkylation sites (tertiary alicyclic amines) is 1. The Kier molecular flexibility index (Phi) is 10.3. The van der Waals surface area contributed by atoms with Gasteiger partial charge in [-0.25, -0.2) is 4.79 Å². The van der Waals surface area contributed by atoms with Crippen molar-refractivity contribution in [3.05, 3.63) is 48.0 Å². The van der Waals surface area contributed by atoms with Crippen molar-refractivity contribution in [3.8, 4) is 0 Å². The highest BCUT2D eigenvalue weighted by molar-refractivity contribution is 6.38. The maximum atomic E-state index is 13.7. The molecule has 0 radical (unpaired) electrons. The molecule has 1 aliphatic carbocycles. The summed E-state index contributed by atoms with van der Waals surface area (Å²) in [7, 11) is 0. The Morgan fingerprint density at radius 1 is 1.14 bits per heavy atom. The van der Waals surface area contributed by atoms with E-state index >= 15 is 0 Å². The first-order chi connectivity index (χ1) is 20.4. The summed E-state index contributed by atoms with van der Waals surface area (Å²) in [6.45, 7) is 10.1. The molecule has 1 aromatic carbocycles. The third-order valence-corrected chi connectivity index (χ3v) is 8.76. The predicted octanol–water partition coefficient (Wildman–Crippen LogP) is 2.07. The van der Waals surface area contributed by atoms with E-state index in [0.717, 1.165) is 24.8 Å². The molecule has 0 spiro atoms. The first-order valence-corrected chi connectivity index (χ1v) is 15.2. The molecule has 1 saturated carbocycles. The van der Waals surface area contributed by atoms with Gasteiger partial charge in [0.2, 0.25) is 17.6 Å². The van der Waals surface area contributed by atoms with Gasteiger partial charge in [0.05, 0.1) is 18.6 Å². The van der Waals surface area contributed by atoms with Crippen LogP contribution >= 0.6 is 0 Å². The van der Waals surface area contributed by atoms with Crippen LogP contribution in [0.1, 0.15) is 64.0 Å². The van der Waals surface area contributed by atoms with Crippen LogP contribution in [0.3, 0.4) is 0 Å². The first-order valence-electron chi connectivity index (χ1n) is 15.2. The summed E-state index contributed by atoms with van der Waals surface area (Å²) in [6.07, 6.45) is 4.19. The SMILES string of the molecule is C=CCNC(=O)C(=O)C(CC1CCC1)NC(=O)C1CC(OC(=O)N2CCc3ccccc3C2)CN1C(=O)C(N)C(C)(C)C. The number of hydrogen-bond donors (Lipinski definition) is 3. The molecule has 4 atom stereocenters. The fraction of sp³-hybridized carbons (Fsp3) is 0.594. The minimum Gasteiger partial charge on any atom is -0.444 e. The van der Waals surface area contributed by atoms with Crippen molar-refractivity contribution in [1.82, 2.24) is 20.4 Å². The van der Waals surface area contributed by atoms with Crippen molar-refractivity contribution in [2.24, 2.45) is 17.1 Å². The summed E-state index contributed by atoms with van der Waals surface area (Å²) in [5, 5.41) is 5.25. The largest absolute Gasteiger partial charge is 0.444 e. The average molecular weight is 596 g/mol. The zero-order valence-corrected chi connectivity index (χ0v) is 25.5. The molecule has 4 N–H and O–H groups in total. The van der Waals surface area contributed by atoms with Crippen LogP contribution in [0, 0.1) is 11.3 Å². The Bertz CT molecular complexity index is 1240. The summed E-state index contributed by atoms with van der Waals surface area (Å²) in [4.78, 5) is 69.1. The van der Waals surface area contributed by atoms with Crippen LogP contribution in [0.5, 0.6) is 0 Å². The van der Waals surface area contributed by atoms with Crippen molar-refractivity contribution < 1.29 is 28.7 Å². The number of carbonyl (C=O) groups excluding carboxylic acids is 5. The first kappa shape index (κ1) is 32.2. The Balaban J connectivity index is 1.49. The summed E-state index contributed by atoms with van der Waals surface area (Å²) < 4.78 is 5.85. The number of nitrogens with two attached hydrogens (primary N) is 1. The van der Waals surface area contributed by atoms with Gasteiger partial charge in [0.1, 0.15) is 12.1 Å².